The summed E-state index contributed by atoms with van der Waals surface area (Å²) >= 11 is 0. The summed E-state index contributed by atoms with van der Waals surface area (Å²) in [5.74, 6) is 1.14. The number of methoxy groups -OCH3 is 1. The average Bonchev–Trinajstić information content (AvgIpc) is 2.39. The first kappa shape index (κ1) is 12.4. The first-order valence-corrected chi connectivity index (χ1v) is 6.16. The van der Waals surface area contributed by atoms with Crippen LogP contribution in [0.4, 0.5) is 4.39 Å². The van der Waals surface area contributed by atoms with Gasteiger partial charge in [-0.15, -0.1) is 0 Å². The zero-order valence-corrected chi connectivity index (χ0v) is 10.2. The van der Waals surface area contributed by atoms with E-state index < -0.39 is 0 Å². The van der Waals surface area contributed by atoms with Crippen LogP contribution in [0.5, 0.6) is 5.75 Å². The van der Waals surface area contributed by atoms with E-state index in [-0.39, 0.29) is 5.82 Å². The summed E-state index contributed by atoms with van der Waals surface area (Å²) in [5, 5.41) is 3.36. The fraction of sp³-hybridized carbons (Fsp3) is 0.500. The maximum Gasteiger partial charge on any atom is 0.126 e. The van der Waals surface area contributed by atoms with Crippen LogP contribution in [0.15, 0.2) is 18.2 Å². The van der Waals surface area contributed by atoms with Gasteiger partial charge in [-0.2, -0.15) is 0 Å². The molecule has 1 aliphatic rings. The Morgan fingerprint density at radius 2 is 2.41 bits per heavy atom. The Kier molecular flexibility index (Phi) is 4.37. The van der Waals surface area contributed by atoms with Crippen LogP contribution in [0.1, 0.15) is 18.4 Å². The normalized spacial score (nSPS) is 20.2. The lowest BCUT2D eigenvalue weighted by atomic mass is 9.92. The van der Waals surface area contributed by atoms with Crippen LogP contribution in [0.3, 0.4) is 0 Å². The van der Waals surface area contributed by atoms with Crippen molar-refractivity contribution in [3.8, 4) is 5.75 Å². The molecule has 1 aromatic rings. The molecule has 1 heterocycles. The highest BCUT2D eigenvalue weighted by molar-refractivity contribution is 5.30. The van der Waals surface area contributed by atoms with E-state index in [1.165, 1.54) is 18.9 Å². The SMILES string of the molecule is COc1ccc(F)c(C[CH]C2CCCNC2)c1. The van der Waals surface area contributed by atoms with Gasteiger partial charge in [-0.05, 0) is 68.5 Å². The lowest BCUT2D eigenvalue weighted by Gasteiger charge is -2.22. The summed E-state index contributed by atoms with van der Waals surface area (Å²) in [6, 6.07) is 4.91. The van der Waals surface area contributed by atoms with E-state index in [2.05, 4.69) is 11.7 Å². The lowest BCUT2D eigenvalue weighted by molar-refractivity contribution is 0.408. The predicted octanol–water partition coefficient (Wildman–Crippen LogP) is 2.58. The molecule has 3 heteroatoms. The first-order chi connectivity index (χ1) is 8.29. The minimum atomic E-state index is -0.147. The molecule has 2 rings (SSSR count). The third kappa shape index (κ3) is 3.43. The summed E-state index contributed by atoms with van der Waals surface area (Å²) in [5.41, 5.74) is 0.718. The second-order valence-electron chi connectivity index (χ2n) is 4.50. The van der Waals surface area contributed by atoms with Crippen molar-refractivity contribution in [2.24, 2.45) is 5.92 Å². The molecule has 0 saturated carbocycles. The van der Waals surface area contributed by atoms with E-state index in [4.69, 9.17) is 4.74 Å². The molecule has 0 aromatic heterocycles. The number of hydrogen-bond acceptors (Lipinski definition) is 2. The van der Waals surface area contributed by atoms with E-state index in [0.29, 0.717) is 12.3 Å². The number of nitrogens with one attached hydrogen (secondary N) is 1. The van der Waals surface area contributed by atoms with Gasteiger partial charge in [-0.3, -0.25) is 0 Å². The molecule has 1 saturated heterocycles. The summed E-state index contributed by atoms with van der Waals surface area (Å²) in [4.78, 5) is 0. The smallest absolute Gasteiger partial charge is 0.126 e. The molecule has 0 bridgehead atoms. The van der Waals surface area contributed by atoms with Crippen LogP contribution in [-0.2, 0) is 6.42 Å². The van der Waals surface area contributed by atoms with Crippen LogP contribution in [0.2, 0.25) is 0 Å². The van der Waals surface area contributed by atoms with E-state index in [0.717, 1.165) is 24.4 Å². The molecule has 1 aromatic carbocycles. The number of halogens is 1. The monoisotopic (exact) mass is 236 g/mol. The Bertz CT molecular complexity index is 361. The summed E-state index contributed by atoms with van der Waals surface area (Å²) in [6.07, 6.45) is 5.31. The van der Waals surface area contributed by atoms with Gasteiger partial charge in [0.25, 0.3) is 0 Å². The van der Waals surface area contributed by atoms with Crippen LogP contribution in [0, 0.1) is 18.2 Å². The van der Waals surface area contributed by atoms with Crippen LogP contribution >= 0.6 is 0 Å². The van der Waals surface area contributed by atoms with Crippen molar-refractivity contribution in [3.63, 3.8) is 0 Å². The number of ether oxygens (including phenoxy) is 1. The number of rotatable bonds is 4. The molecular weight excluding hydrogens is 217 g/mol. The van der Waals surface area contributed by atoms with Crippen molar-refractivity contribution >= 4 is 0 Å². The fourth-order valence-corrected chi connectivity index (χ4v) is 2.21. The molecule has 1 N–H and O–H groups in total. The van der Waals surface area contributed by atoms with Gasteiger partial charge in [0.2, 0.25) is 0 Å². The molecule has 2 nitrogen and oxygen atoms in total. The molecule has 1 fully saturated rings. The van der Waals surface area contributed by atoms with Crippen molar-refractivity contribution in [2.45, 2.75) is 19.3 Å². The van der Waals surface area contributed by atoms with E-state index >= 15 is 0 Å². The zero-order chi connectivity index (χ0) is 12.1. The van der Waals surface area contributed by atoms with Crippen molar-refractivity contribution in [1.82, 2.24) is 5.32 Å². The molecule has 93 valence electrons. The van der Waals surface area contributed by atoms with Gasteiger partial charge in [0, 0.05) is 0 Å². The maximum absolute atomic E-state index is 13.6. The van der Waals surface area contributed by atoms with E-state index in [9.17, 15) is 4.39 Å². The number of benzene rings is 1. The van der Waals surface area contributed by atoms with Gasteiger partial charge in [0.15, 0.2) is 0 Å². The van der Waals surface area contributed by atoms with Gasteiger partial charge in [-0.25, -0.2) is 4.39 Å². The Hall–Kier alpha value is -1.09. The van der Waals surface area contributed by atoms with Gasteiger partial charge >= 0.3 is 0 Å². The molecule has 17 heavy (non-hydrogen) atoms. The first-order valence-electron chi connectivity index (χ1n) is 6.16. The molecule has 0 aliphatic carbocycles. The molecule has 1 atom stereocenters. The summed E-state index contributed by atoms with van der Waals surface area (Å²) < 4.78 is 18.7. The second-order valence-corrected chi connectivity index (χ2v) is 4.50. The highest BCUT2D eigenvalue weighted by atomic mass is 19.1. The highest BCUT2D eigenvalue weighted by Gasteiger charge is 2.14. The molecule has 1 aliphatic heterocycles. The fourth-order valence-electron chi connectivity index (χ4n) is 2.21. The third-order valence-electron chi connectivity index (χ3n) is 3.26. The summed E-state index contributed by atoms with van der Waals surface area (Å²) in [7, 11) is 1.60. The van der Waals surface area contributed by atoms with Crippen molar-refractivity contribution < 1.29 is 9.13 Å². The Balaban J connectivity index is 1.92. The van der Waals surface area contributed by atoms with E-state index in [1.54, 1.807) is 19.2 Å². The van der Waals surface area contributed by atoms with Crippen LogP contribution in [-0.4, -0.2) is 20.2 Å². The molecular formula is C14H19FNO. The van der Waals surface area contributed by atoms with Gasteiger partial charge in [-0.1, -0.05) is 0 Å². The van der Waals surface area contributed by atoms with Crippen molar-refractivity contribution in [1.29, 1.82) is 0 Å². The number of piperidine rings is 1. The second kappa shape index (κ2) is 6.01. The number of hydrogen-bond donors (Lipinski definition) is 1. The lowest BCUT2D eigenvalue weighted by Crippen LogP contribution is -2.30. The van der Waals surface area contributed by atoms with Gasteiger partial charge in [0.1, 0.15) is 11.6 Å². The Morgan fingerprint density at radius 3 is 3.12 bits per heavy atom. The van der Waals surface area contributed by atoms with E-state index in [1.807, 2.05) is 0 Å². The Morgan fingerprint density at radius 1 is 1.53 bits per heavy atom. The standard InChI is InChI=1S/C14H19FNO/c1-17-13-6-7-14(15)12(9-13)5-4-11-3-2-8-16-10-11/h4,6-7,9,11,16H,2-3,5,8,10H2,1H3. The van der Waals surface area contributed by atoms with Crippen molar-refractivity contribution in [2.75, 3.05) is 20.2 Å². The minimum Gasteiger partial charge on any atom is -0.497 e. The topological polar surface area (TPSA) is 21.3 Å². The molecule has 0 amide bonds. The third-order valence-corrected chi connectivity index (χ3v) is 3.26. The molecule has 0 spiro atoms. The quantitative estimate of drug-likeness (QED) is 0.867. The predicted molar refractivity (Wildman–Crippen MR) is 66.5 cm³/mol. The van der Waals surface area contributed by atoms with Crippen molar-refractivity contribution in [3.05, 3.63) is 36.0 Å². The largest absolute Gasteiger partial charge is 0.497 e. The van der Waals surface area contributed by atoms with Gasteiger partial charge < -0.3 is 10.1 Å². The zero-order valence-electron chi connectivity index (χ0n) is 10.2. The molecule has 1 radical (unpaired) electrons. The molecule has 1 unspecified atom stereocenters. The summed E-state index contributed by atoms with van der Waals surface area (Å²) in [6.45, 7) is 2.13. The minimum absolute atomic E-state index is 0.147. The highest BCUT2D eigenvalue weighted by Crippen LogP contribution is 2.21. The Labute approximate surface area is 102 Å². The average molecular weight is 236 g/mol. The van der Waals surface area contributed by atoms with Gasteiger partial charge in [0.05, 0.1) is 7.11 Å². The van der Waals surface area contributed by atoms with Crippen LogP contribution < -0.4 is 10.1 Å². The maximum atomic E-state index is 13.6. The van der Waals surface area contributed by atoms with Crippen LogP contribution in [0.25, 0.3) is 0 Å².